The van der Waals surface area contributed by atoms with Gasteiger partial charge in [-0.25, -0.2) is 0 Å². The van der Waals surface area contributed by atoms with Crippen molar-refractivity contribution in [2.24, 2.45) is 0 Å². The third kappa shape index (κ3) is 4.65. The molecule has 8 nitrogen and oxygen atoms in total. The summed E-state index contributed by atoms with van der Waals surface area (Å²) in [6, 6.07) is 6.20. The summed E-state index contributed by atoms with van der Waals surface area (Å²) >= 11 is 0. The van der Waals surface area contributed by atoms with Crippen molar-refractivity contribution in [3.63, 3.8) is 0 Å². The molecule has 28 heavy (non-hydrogen) atoms. The largest absolute Gasteiger partial charge is 0.497 e. The molecule has 2 aliphatic rings. The van der Waals surface area contributed by atoms with Crippen LogP contribution < -0.4 is 4.74 Å². The minimum absolute atomic E-state index is 0.304. The van der Waals surface area contributed by atoms with Crippen LogP contribution in [0.4, 0.5) is 0 Å². The van der Waals surface area contributed by atoms with Crippen LogP contribution in [0, 0.1) is 0 Å². The standard InChI is InChI=1S/C19H29N3O5S/c1-27-17-8-6-16(7-9-17)18(19(23)24)20-10-5-13-22(15-14-20)28(25,26)21-11-3-2-4-12-21/h6-9,18H,2-5,10-15H2,1H3,(H,23,24). The van der Waals surface area contributed by atoms with Crippen LogP contribution in [0.5, 0.6) is 5.75 Å². The van der Waals surface area contributed by atoms with E-state index in [2.05, 4.69) is 0 Å². The number of aliphatic carboxylic acids is 1. The molecule has 0 saturated carbocycles. The van der Waals surface area contributed by atoms with E-state index in [4.69, 9.17) is 4.74 Å². The zero-order valence-corrected chi connectivity index (χ0v) is 17.1. The highest BCUT2D eigenvalue weighted by Gasteiger charge is 2.34. The van der Waals surface area contributed by atoms with Crippen molar-refractivity contribution < 1.29 is 23.1 Å². The Labute approximate surface area is 166 Å². The number of benzene rings is 1. The Morgan fingerprint density at radius 3 is 2.14 bits per heavy atom. The lowest BCUT2D eigenvalue weighted by Gasteiger charge is -2.32. The first-order chi connectivity index (χ1) is 13.4. The molecule has 2 saturated heterocycles. The fraction of sp³-hybridized carbons (Fsp3) is 0.632. The number of hydrogen-bond acceptors (Lipinski definition) is 5. The molecule has 1 aromatic carbocycles. The summed E-state index contributed by atoms with van der Waals surface area (Å²) in [5.74, 6) is -0.264. The Balaban J connectivity index is 1.72. The maximum Gasteiger partial charge on any atom is 0.325 e. The van der Waals surface area contributed by atoms with Gasteiger partial charge in [0, 0.05) is 39.3 Å². The molecule has 1 N–H and O–H groups in total. The van der Waals surface area contributed by atoms with E-state index in [9.17, 15) is 18.3 Å². The van der Waals surface area contributed by atoms with Gasteiger partial charge in [0.1, 0.15) is 11.8 Å². The van der Waals surface area contributed by atoms with Gasteiger partial charge in [0.15, 0.2) is 0 Å². The van der Waals surface area contributed by atoms with Crippen LogP contribution >= 0.6 is 0 Å². The van der Waals surface area contributed by atoms with Gasteiger partial charge in [-0.3, -0.25) is 9.69 Å². The Kier molecular flexibility index (Phi) is 6.92. The molecule has 1 atom stereocenters. The van der Waals surface area contributed by atoms with Crippen molar-refractivity contribution in [3.8, 4) is 5.75 Å². The van der Waals surface area contributed by atoms with Gasteiger partial charge in [-0.15, -0.1) is 0 Å². The van der Waals surface area contributed by atoms with Gasteiger partial charge in [-0.05, 0) is 37.0 Å². The van der Waals surface area contributed by atoms with Gasteiger partial charge < -0.3 is 9.84 Å². The van der Waals surface area contributed by atoms with E-state index >= 15 is 0 Å². The second-order valence-corrected chi connectivity index (χ2v) is 9.20. The third-order valence-electron chi connectivity index (χ3n) is 5.49. The molecule has 0 amide bonds. The first kappa shape index (κ1) is 21.0. The highest BCUT2D eigenvalue weighted by atomic mass is 32.2. The summed E-state index contributed by atoms with van der Waals surface area (Å²) in [5, 5.41) is 9.81. The third-order valence-corrected chi connectivity index (χ3v) is 7.52. The van der Waals surface area contributed by atoms with Gasteiger partial charge in [-0.1, -0.05) is 18.6 Å². The summed E-state index contributed by atoms with van der Waals surface area (Å²) in [5.41, 5.74) is 0.667. The van der Waals surface area contributed by atoms with E-state index in [0.717, 1.165) is 19.3 Å². The van der Waals surface area contributed by atoms with Crippen LogP contribution in [0.1, 0.15) is 37.3 Å². The van der Waals surface area contributed by atoms with Crippen LogP contribution in [0.3, 0.4) is 0 Å². The maximum absolute atomic E-state index is 12.9. The fourth-order valence-electron chi connectivity index (χ4n) is 3.96. The number of carboxylic acid groups (broad SMARTS) is 1. The molecule has 1 aromatic rings. The Morgan fingerprint density at radius 2 is 1.54 bits per heavy atom. The van der Waals surface area contributed by atoms with Crippen LogP contribution in [0.25, 0.3) is 0 Å². The minimum atomic E-state index is -3.48. The summed E-state index contributed by atoms with van der Waals surface area (Å²) in [6.07, 6.45) is 3.48. The van der Waals surface area contributed by atoms with Crippen molar-refractivity contribution in [2.45, 2.75) is 31.7 Å². The lowest BCUT2D eigenvalue weighted by molar-refractivity contribution is -0.143. The number of carbonyl (C=O) groups is 1. The predicted octanol–water partition coefficient (Wildman–Crippen LogP) is 1.56. The number of rotatable bonds is 6. The molecule has 0 aliphatic carbocycles. The molecule has 0 aromatic heterocycles. The molecule has 0 spiro atoms. The summed E-state index contributed by atoms with van der Waals surface area (Å²) < 4.78 is 34.1. The van der Waals surface area contributed by atoms with Gasteiger partial charge in [0.2, 0.25) is 0 Å². The quantitative estimate of drug-likeness (QED) is 0.764. The van der Waals surface area contributed by atoms with Gasteiger partial charge in [0.05, 0.1) is 7.11 Å². The fourth-order valence-corrected chi connectivity index (χ4v) is 5.68. The molecule has 9 heteroatoms. The molecule has 1 unspecified atom stereocenters. The zero-order valence-electron chi connectivity index (χ0n) is 16.3. The van der Waals surface area contributed by atoms with Crippen LogP contribution in [-0.4, -0.2) is 79.4 Å². The van der Waals surface area contributed by atoms with Gasteiger partial charge in [-0.2, -0.15) is 17.0 Å². The van der Waals surface area contributed by atoms with E-state index in [1.54, 1.807) is 35.7 Å². The molecule has 3 rings (SSSR count). The number of methoxy groups -OCH3 is 1. The van der Waals surface area contributed by atoms with E-state index in [0.29, 0.717) is 57.0 Å². The van der Waals surface area contributed by atoms with E-state index < -0.39 is 22.2 Å². The zero-order chi connectivity index (χ0) is 20.1. The smallest absolute Gasteiger partial charge is 0.325 e. The normalized spacial score (nSPS) is 21.8. The first-order valence-electron chi connectivity index (χ1n) is 9.79. The van der Waals surface area contributed by atoms with E-state index in [1.165, 1.54) is 4.31 Å². The van der Waals surface area contributed by atoms with Crippen molar-refractivity contribution >= 4 is 16.2 Å². The van der Waals surface area contributed by atoms with Crippen molar-refractivity contribution in [2.75, 3.05) is 46.4 Å². The van der Waals surface area contributed by atoms with Crippen LogP contribution in [0.2, 0.25) is 0 Å². The molecule has 2 heterocycles. The van der Waals surface area contributed by atoms with E-state index in [-0.39, 0.29) is 0 Å². The predicted molar refractivity (Wildman–Crippen MR) is 105 cm³/mol. The topological polar surface area (TPSA) is 90.4 Å². The van der Waals surface area contributed by atoms with Gasteiger partial charge in [0.25, 0.3) is 10.2 Å². The molecular weight excluding hydrogens is 382 g/mol. The second-order valence-electron chi connectivity index (χ2n) is 7.27. The summed E-state index contributed by atoms with van der Waals surface area (Å²) in [6.45, 7) is 2.80. The number of nitrogens with zero attached hydrogens (tertiary/aromatic N) is 3. The lowest BCUT2D eigenvalue weighted by Crippen LogP contribution is -2.47. The average molecular weight is 412 g/mol. The van der Waals surface area contributed by atoms with Crippen LogP contribution in [0.15, 0.2) is 24.3 Å². The molecule has 156 valence electrons. The summed E-state index contributed by atoms with van der Waals surface area (Å²) in [7, 11) is -1.91. The monoisotopic (exact) mass is 411 g/mol. The first-order valence-corrected chi connectivity index (χ1v) is 11.2. The average Bonchev–Trinajstić information content (AvgIpc) is 2.96. The molecule has 0 bridgehead atoms. The molecule has 0 radical (unpaired) electrons. The number of hydrogen-bond donors (Lipinski definition) is 1. The lowest BCUT2D eigenvalue weighted by atomic mass is 10.0. The number of carboxylic acids is 1. The van der Waals surface area contributed by atoms with Crippen LogP contribution in [-0.2, 0) is 15.0 Å². The molecular formula is C19H29N3O5S. The molecule has 2 fully saturated rings. The minimum Gasteiger partial charge on any atom is -0.497 e. The van der Waals surface area contributed by atoms with Crippen molar-refractivity contribution in [3.05, 3.63) is 29.8 Å². The Hall–Kier alpha value is -1.68. The second kappa shape index (κ2) is 9.21. The molecule has 2 aliphatic heterocycles. The maximum atomic E-state index is 12.9. The van der Waals surface area contributed by atoms with E-state index in [1.807, 2.05) is 4.90 Å². The van der Waals surface area contributed by atoms with Gasteiger partial charge >= 0.3 is 5.97 Å². The Morgan fingerprint density at radius 1 is 0.929 bits per heavy atom. The Bertz CT molecular complexity index is 762. The summed E-state index contributed by atoms with van der Waals surface area (Å²) in [4.78, 5) is 13.8. The highest BCUT2D eigenvalue weighted by molar-refractivity contribution is 7.86. The SMILES string of the molecule is COc1ccc(C(C(=O)O)N2CCCN(S(=O)(=O)N3CCCCC3)CC2)cc1. The highest BCUT2D eigenvalue weighted by Crippen LogP contribution is 2.26. The van der Waals surface area contributed by atoms with Crippen molar-refractivity contribution in [1.29, 1.82) is 0 Å². The number of piperidine rings is 1. The van der Waals surface area contributed by atoms with Crippen molar-refractivity contribution in [1.82, 2.24) is 13.5 Å². The number of ether oxygens (including phenoxy) is 1.